The SMILES string of the molecule is CCOC1(c2noc(C(CC)CN)n2)CCOCC1. The Morgan fingerprint density at radius 2 is 2.11 bits per heavy atom. The Hall–Kier alpha value is -0.980. The van der Waals surface area contributed by atoms with Gasteiger partial charge in [-0.05, 0) is 13.3 Å². The van der Waals surface area contributed by atoms with Gasteiger partial charge in [0.2, 0.25) is 11.7 Å². The third-order valence-electron chi connectivity index (χ3n) is 3.70. The summed E-state index contributed by atoms with van der Waals surface area (Å²) in [5.74, 6) is 1.38. The van der Waals surface area contributed by atoms with Crippen LogP contribution < -0.4 is 5.73 Å². The van der Waals surface area contributed by atoms with Crippen LogP contribution in [0.15, 0.2) is 4.52 Å². The van der Waals surface area contributed by atoms with Gasteiger partial charge in [0, 0.05) is 39.2 Å². The number of nitrogens with two attached hydrogens (primary N) is 1. The summed E-state index contributed by atoms with van der Waals surface area (Å²) in [7, 11) is 0. The normalized spacial score (nSPS) is 20.4. The van der Waals surface area contributed by atoms with Gasteiger partial charge in [-0.25, -0.2) is 0 Å². The summed E-state index contributed by atoms with van der Waals surface area (Å²) < 4.78 is 16.7. The lowest BCUT2D eigenvalue weighted by Gasteiger charge is -2.33. The predicted octanol–water partition coefficient (Wildman–Crippen LogP) is 1.56. The molecule has 2 N–H and O–H groups in total. The van der Waals surface area contributed by atoms with Gasteiger partial charge in [0.1, 0.15) is 5.60 Å². The van der Waals surface area contributed by atoms with Crippen LogP contribution in [0.2, 0.25) is 0 Å². The summed E-state index contributed by atoms with van der Waals surface area (Å²) in [6, 6.07) is 0. The number of ether oxygens (including phenoxy) is 2. The van der Waals surface area contributed by atoms with Crippen LogP contribution in [0.4, 0.5) is 0 Å². The topological polar surface area (TPSA) is 83.4 Å². The third kappa shape index (κ3) is 2.96. The fraction of sp³-hybridized carbons (Fsp3) is 0.846. The first-order valence-corrected chi connectivity index (χ1v) is 7.01. The zero-order chi connectivity index (χ0) is 13.7. The Morgan fingerprint density at radius 3 is 2.68 bits per heavy atom. The molecule has 1 saturated heterocycles. The molecule has 1 aromatic heterocycles. The molecule has 0 amide bonds. The molecule has 1 fully saturated rings. The van der Waals surface area contributed by atoms with Crippen molar-refractivity contribution in [3.05, 3.63) is 11.7 Å². The molecule has 0 aliphatic carbocycles. The molecule has 2 rings (SSSR count). The maximum Gasteiger partial charge on any atom is 0.231 e. The highest BCUT2D eigenvalue weighted by Crippen LogP contribution is 2.35. The van der Waals surface area contributed by atoms with Gasteiger partial charge in [-0.3, -0.25) is 0 Å². The highest BCUT2D eigenvalue weighted by Gasteiger charge is 2.40. The lowest BCUT2D eigenvalue weighted by atomic mass is 9.93. The monoisotopic (exact) mass is 269 g/mol. The lowest BCUT2D eigenvalue weighted by molar-refractivity contribution is -0.118. The minimum atomic E-state index is -0.457. The van der Waals surface area contributed by atoms with Crippen molar-refractivity contribution in [2.24, 2.45) is 5.73 Å². The van der Waals surface area contributed by atoms with Crippen molar-refractivity contribution in [3.63, 3.8) is 0 Å². The van der Waals surface area contributed by atoms with E-state index in [9.17, 15) is 0 Å². The van der Waals surface area contributed by atoms with E-state index in [-0.39, 0.29) is 5.92 Å². The zero-order valence-electron chi connectivity index (χ0n) is 11.7. The van der Waals surface area contributed by atoms with E-state index in [1.54, 1.807) is 0 Å². The molecule has 1 aliphatic heterocycles. The van der Waals surface area contributed by atoms with Gasteiger partial charge in [0.25, 0.3) is 0 Å². The van der Waals surface area contributed by atoms with Gasteiger partial charge in [-0.2, -0.15) is 4.98 Å². The van der Waals surface area contributed by atoms with Crippen LogP contribution in [-0.4, -0.2) is 36.5 Å². The van der Waals surface area contributed by atoms with Crippen LogP contribution in [0.25, 0.3) is 0 Å². The van der Waals surface area contributed by atoms with E-state index in [1.807, 2.05) is 6.92 Å². The molecular weight excluding hydrogens is 246 g/mol. The Bertz CT molecular complexity index is 379. The number of aromatic nitrogens is 2. The van der Waals surface area contributed by atoms with Crippen molar-refractivity contribution in [2.45, 2.75) is 44.6 Å². The maximum atomic E-state index is 5.92. The van der Waals surface area contributed by atoms with Crippen LogP contribution in [0.1, 0.15) is 50.7 Å². The fourth-order valence-electron chi connectivity index (χ4n) is 2.44. The highest BCUT2D eigenvalue weighted by molar-refractivity contribution is 5.05. The molecule has 1 aliphatic rings. The standard InChI is InChI=1S/C13H23N3O3/c1-3-10(9-14)11-15-12(16-19-11)13(18-4-2)5-7-17-8-6-13/h10H,3-9,14H2,1-2H3. The van der Waals surface area contributed by atoms with Crippen LogP contribution in [0, 0.1) is 0 Å². The minimum Gasteiger partial charge on any atom is -0.381 e. The van der Waals surface area contributed by atoms with Crippen molar-refractivity contribution < 1.29 is 14.0 Å². The van der Waals surface area contributed by atoms with Crippen molar-refractivity contribution in [1.82, 2.24) is 10.1 Å². The van der Waals surface area contributed by atoms with Gasteiger partial charge >= 0.3 is 0 Å². The first kappa shape index (κ1) is 14.4. The van der Waals surface area contributed by atoms with Crippen LogP contribution in [-0.2, 0) is 15.1 Å². The molecule has 1 atom stereocenters. The number of hydrogen-bond acceptors (Lipinski definition) is 6. The van der Waals surface area contributed by atoms with E-state index >= 15 is 0 Å². The largest absolute Gasteiger partial charge is 0.381 e. The molecule has 2 heterocycles. The molecule has 1 aromatic rings. The molecule has 6 heteroatoms. The minimum absolute atomic E-state index is 0.125. The molecule has 0 radical (unpaired) electrons. The van der Waals surface area contributed by atoms with Gasteiger partial charge in [0.15, 0.2) is 0 Å². The Balaban J connectivity index is 2.22. The van der Waals surface area contributed by atoms with Crippen molar-refractivity contribution in [3.8, 4) is 0 Å². The number of rotatable bonds is 6. The second kappa shape index (κ2) is 6.45. The number of hydrogen-bond donors (Lipinski definition) is 1. The predicted molar refractivity (Wildman–Crippen MR) is 69.7 cm³/mol. The average molecular weight is 269 g/mol. The van der Waals surface area contributed by atoms with Gasteiger partial charge in [-0.15, -0.1) is 0 Å². The summed E-state index contributed by atoms with van der Waals surface area (Å²) in [6.45, 7) is 6.51. The molecule has 6 nitrogen and oxygen atoms in total. The maximum absolute atomic E-state index is 5.92. The van der Waals surface area contributed by atoms with E-state index in [0.717, 1.165) is 19.3 Å². The Kier molecular flexibility index (Phi) is 4.90. The molecule has 19 heavy (non-hydrogen) atoms. The number of nitrogens with zero attached hydrogens (tertiary/aromatic N) is 2. The van der Waals surface area contributed by atoms with Crippen LogP contribution >= 0.6 is 0 Å². The molecule has 108 valence electrons. The first-order chi connectivity index (χ1) is 9.25. The highest BCUT2D eigenvalue weighted by atomic mass is 16.5. The summed E-state index contributed by atoms with van der Waals surface area (Å²) in [5, 5.41) is 4.13. The zero-order valence-corrected chi connectivity index (χ0v) is 11.7. The van der Waals surface area contributed by atoms with Gasteiger partial charge in [0.05, 0.1) is 5.92 Å². The molecule has 0 saturated carbocycles. The van der Waals surface area contributed by atoms with E-state index in [1.165, 1.54) is 0 Å². The fourth-order valence-corrected chi connectivity index (χ4v) is 2.44. The van der Waals surface area contributed by atoms with Gasteiger partial charge < -0.3 is 19.7 Å². The average Bonchev–Trinajstić information content (AvgIpc) is 2.92. The lowest BCUT2D eigenvalue weighted by Crippen LogP contribution is -2.37. The van der Waals surface area contributed by atoms with Crippen molar-refractivity contribution in [2.75, 3.05) is 26.4 Å². The van der Waals surface area contributed by atoms with E-state index < -0.39 is 5.60 Å². The second-order valence-electron chi connectivity index (χ2n) is 4.84. The van der Waals surface area contributed by atoms with Crippen molar-refractivity contribution in [1.29, 1.82) is 0 Å². The Labute approximate surface area is 113 Å². The second-order valence-corrected chi connectivity index (χ2v) is 4.84. The molecule has 0 bridgehead atoms. The van der Waals surface area contributed by atoms with Crippen LogP contribution in [0.5, 0.6) is 0 Å². The molecular formula is C13H23N3O3. The van der Waals surface area contributed by atoms with Gasteiger partial charge in [-0.1, -0.05) is 12.1 Å². The smallest absolute Gasteiger partial charge is 0.231 e. The summed E-state index contributed by atoms with van der Waals surface area (Å²) >= 11 is 0. The van der Waals surface area contributed by atoms with E-state index in [4.69, 9.17) is 19.7 Å². The third-order valence-corrected chi connectivity index (χ3v) is 3.70. The molecule has 0 aromatic carbocycles. The van der Waals surface area contributed by atoms with Crippen LogP contribution in [0.3, 0.4) is 0 Å². The molecule has 0 spiro atoms. The Morgan fingerprint density at radius 1 is 1.37 bits per heavy atom. The van der Waals surface area contributed by atoms with E-state index in [0.29, 0.717) is 38.1 Å². The summed E-state index contributed by atoms with van der Waals surface area (Å²) in [4.78, 5) is 4.53. The molecule has 1 unspecified atom stereocenters. The summed E-state index contributed by atoms with van der Waals surface area (Å²) in [6.07, 6.45) is 2.42. The van der Waals surface area contributed by atoms with Crippen molar-refractivity contribution >= 4 is 0 Å². The first-order valence-electron chi connectivity index (χ1n) is 7.01. The van der Waals surface area contributed by atoms with E-state index in [2.05, 4.69) is 17.1 Å². The summed E-state index contributed by atoms with van der Waals surface area (Å²) in [5.41, 5.74) is 5.26. The quantitative estimate of drug-likeness (QED) is 0.843.